The summed E-state index contributed by atoms with van der Waals surface area (Å²) in [5.41, 5.74) is 1.32. The molecule has 0 fully saturated rings. The maximum absolute atomic E-state index is 11.1. The lowest BCUT2D eigenvalue weighted by Gasteiger charge is -2.05. The van der Waals surface area contributed by atoms with Gasteiger partial charge in [0.2, 0.25) is 0 Å². The van der Waals surface area contributed by atoms with Gasteiger partial charge in [-0.15, -0.1) is 0 Å². The molecule has 0 N–H and O–H groups in total. The molecule has 0 saturated heterocycles. The minimum atomic E-state index is -0.539. The minimum Gasteiger partial charge on any atom is -0.434 e. The minimum absolute atomic E-state index is 0.442. The normalized spacial score (nSPS) is 10.1. The van der Waals surface area contributed by atoms with E-state index in [0.717, 1.165) is 32.1 Å². The van der Waals surface area contributed by atoms with Crippen LogP contribution >= 0.6 is 0 Å². The third-order valence-corrected chi connectivity index (χ3v) is 2.64. The van der Waals surface area contributed by atoms with Gasteiger partial charge in [0.25, 0.3) is 0 Å². The van der Waals surface area contributed by atoms with E-state index in [1.807, 2.05) is 18.2 Å². The molecule has 0 amide bonds. The van der Waals surface area contributed by atoms with Gasteiger partial charge in [-0.1, -0.05) is 43.7 Å². The molecular formula is C15H22O3. The Morgan fingerprint density at radius 1 is 1.00 bits per heavy atom. The van der Waals surface area contributed by atoms with Crippen LogP contribution in [-0.4, -0.2) is 19.4 Å². The highest BCUT2D eigenvalue weighted by atomic mass is 16.7. The Hall–Kier alpha value is -1.51. The van der Waals surface area contributed by atoms with Crippen LogP contribution in [0.15, 0.2) is 30.3 Å². The smallest absolute Gasteiger partial charge is 0.434 e. The molecule has 0 aliphatic heterocycles. The molecule has 0 atom stereocenters. The molecule has 1 rings (SSSR count). The Morgan fingerprint density at radius 3 is 2.33 bits per heavy atom. The number of benzene rings is 1. The fraction of sp³-hybridized carbons (Fsp3) is 0.533. The van der Waals surface area contributed by atoms with Crippen LogP contribution in [-0.2, 0) is 15.9 Å². The zero-order chi connectivity index (χ0) is 13.1. The Balaban J connectivity index is 1.97. The molecule has 0 radical (unpaired) electrons. The Kier molecular flexibility index (Phi) is 7.69. The number of hydrogen-bond acceptors (Lipinski definition) is 3. The van der Waals surface area contributed by atoms with E-state index >= 15 is 0 Å². The van der Waals surface area contributed by atoms with Crippen LogP contribution in [0.2, 0.25) is 0 Å². The van der Waals surface area contributed by atoms with E-state index in [-0.39, 0.29) is 0 Å². The molecule has 0 aromatic heterocycles. The summed E-state index contributed by atoms with van der Waals surface area (Å²) in [6.07, 6.45) is 4.29. The van der Waals surface area contributed by atoms with Gasteiger partial charge in [0.15, 0.2) is 0 Å². The maximum Gasteiger partial charge on any atom is 0.508 e. The number of hydrogen-bond donors (Lipinski definition) is 0. The van der Waals surface area contributed by atoms with Crippen LogP contribution in [0.3, 0.4) is 0 Å². The van der Waals surface area contributed by atoms with Gasteiger partial charge >= 0.3 is 6.16 Å². The summed E-state index contributed by atoms with van der Waals surface area (Å²) < 4.78 is 9.85. The molecule has 1 aromatic rings. The topological polar surface area (TPSA) is 35.5 Å². The van der Waals surface area contributed by atoms with Gasteiger partial charge in [0.1, 0.15) is 0 Å². The molecule has 0 aliphatic carbocycles. The number of rotatable bonds is 8. The Bertz CT molecular complexity index is 322. The Labute approximate surface area is 109 Å². The van der Waals surface area contributed by atoms with E-state index in [9.17, 15) is 4.79 Å². The third kappa shape index (κ3) is 6.94. The number of unbranched alkanes of at least 4 members (excludes halogenated alkanes) is 2. The summed E-state index contributed by atoms with van der Waals surface area (Å²) in [6.45, 7) is 2.95. The first-order chi connectivity index (χ1) is 8.83. The van der Waals surface area contributed by atoms with E-state index in [4.69, 9.17) is 9.47 Å². The second-order valence-electron chi connectivity index (χ2n) is 4.24. The second-order valence-corrected chi connectivity index (χ2v) is 4.24. The first-order valence-electron chi connectivity index (χ1n) is 6.66. The van der Waals surface area contributed by atoms with E-state index in [1.165, 1.54) is 5.56 Å². The zero-order valence-electron chi connectivity index (χ0n) is 11.1. The molecule has 0 unspecified atom stereocenters. The van der Waals surface area contributed by atoms with Crippen molar-refractivity contribution in [3.8, 4) is 0 Å². The summed E-state index contributed by atoms with van der Waals surface area (Å²) in [7, 11) is 0. The fourth-order valence-electron chi connectivity index (χ4n) is 1.57. The van der Waals surface area contributed by atoms with Gasteiger partial charge in [0, 0.05) is 0 Å². The highest BCUT2D eigenvalue weighted by molar-refractivity contribution is 5.59. The molecule has 100 valence electrons. The van der Waals surface area contributed by atoms with Gasteiger partial charge in [-0.25, -0.2) is 4.79 Å². The predicted molar refractivity (Wildman–Crippen MR) is 71.6 cm³/mol. The molecule has 1 aromatic carbocycles. The van der Waals surface area contributed by atoms with Crippen LogP contribution < -0.4 is 0 Å². The molecule has 3 heteroatoms. The molecule has 0 bridgehead atoms. The van der Waals surface area contributed by atoms with Crippen LogP contribution in [0.1, 0.15) is 38.2 Å². The molecule has 0 heterocycles. The van der Waals surface area contributed by atoms with Gasteiger partial charge in [-0.3, -0.25) is 0 Å². The largest absolute Gasteiger partial charge is 0.508 e. The van der Waals surface area contributed by atoms with Gasteiger partial charge < -0.3 is 9.47 Å². The molecule has 0 saturated carbocycles. The highest BCUT2D eigenvalue weighted by Gasteiger charge is 2.02. The van der Waals surface area contributed by atoms with Crippen molar-refractivity contribution >= 4 is 6.16 Å². The number of aryl methyl sites for hydroxylation is 1. The van der Waals surface area contributed by atoms with Gasteiger partial charge in [0.05, 0.1) is 13.2 Å². The van der Waals surface area contributed by atoms with Gasteiger partial charge in [-0.2, -0.15) is 0 Å². The van der Waals surface area contributed by atoms with E-state index in [2.05, 4.69) is 19.1 Å². The van der Waals surface area contributed by atoms with E-state index in [1.54, 1.807) is 0 Å². The lowest BCUT2D eigenvalue weighted by Crippen LogP contribution is -2.09. The van der Waals surface area contributed by atoms with Crippen molar-refractivity contribution in [2.75, 3.05) is 13.2 Å². The monoisotopic (exact) mass is 250 g/mol. The maximum atomic E-state index is 11.1. The average Bonchev–Trinajstić information content (AvgIpc) is 2.40. The molecule has 0 aliphatic rings. The molecule has 18 heavy (non-hydrogen) atoms. The number of ether oxygens (including phenoxy) is 2. The molecule has 0 spiro atoms. The molecular weight excluding hydrogens is 228 g/mol. The summed E-state index contributed by atoms with van der Waals surface area (Å²) in [5, 5.41) is 0. The predicted octanol–water partition coefficient (Wildman–Crippen LogP) is 3.96. The van der Waals surface area contributed by atoms with Gasteiger partial charge in [-0.05, 0) is 31.2 Å². The van der Waals surface area contributed by atoms with Crippen LogP contribution in [0.4, 0.5) is 4.79 Å². The SMILES string of the molecule is CCCCOC(=O)OCCCCc1ccccc1. The summed E-state index contributed by atoms with van der Waals surface area (Å²) in [4.78, 5) is 11.1. The van der Waals surface area contributed by atoms with Crippen LogP contribution in [0, 0.1) is 0 Å². The van der Waals surface area contributed by atoms with E-state index in [0.29, 0.717) is 13.2 Å². The highest BCUT2D eigenvalue weighted by Crippen LogP contribution is 2.04. The average molecular weight is 250 g/mol. The van der Waals surface area contributed by atoms with Crippen molar-refractivity contribution in [1.82, 2.24) is 0 Å². The lowest BCUT2D eigenvalue weighted by atomic mass is 10.1. The van der Waals surface area contributed by atoms with Crippen molar-refractivity contribution in [3.63, 3.8) is 0 Å². The number of carbonyl (C=O) groups excluding carboxylic acids is 1. The van der Waals surface area contributed by atoms with Crippen molar-refractivity contribution in [2.24, 2.45) is 0 Å². The Morgan fingerprint density at radius 2 is 1.67 bits per heavy atom. The second kappa shape index (κ2) is 9.51. The first kappa shape index (κ1) is 14.6. The lowest BCUT2D eigenvalue weighted by molar-refractivity contribution is 0.0534. The summed E-state index contributed by atoms with van der Waals surface area (Å²) in [6, 6.07) is 10.3. The van der Waals surface area contributed by atoms with Crippen molar-refractivity contribution in [3.05, 3.63) is 35.9 Å². The van der Waals surface area contributed by atoms with Crippen molar-refractivity contribution < 1.29 is 14.3 Å². The van der Waals surface area contributed by atoms with E-state index < -0.39 is 6.16 Å². The molecule has 3 nitrogen and oxygen atoms in total. The van der Waals surface area contributed by atoms with Crippen molar-refractivity contribution in [2.45, 2.75) is 39.0 Å². The van der Waals surface area contributed by atoms with Crippen LogP contribution in [0.25, 0.3) is 0 Å². The summed E-state index contributed by atoms with van der Waals surface area (Å²) in [5.74, 6) is 0. The number of carbonyl (C=O) groups is 1. The third-order valence-electron chi connectivity index (χ3n) is 2.64. The fourth-order valence-corrected chi connectivity index (χ4v) is 1.57. The zero-order valence-corrected chi connectivity index (χ0v) is 11.1. The standard InChI is InChI=1S/C15H22O3/c1-2-3-12-17-15(16)18-13-8-7-11-14-9-5-4-6-10-14/h4-6,9-10H,2-3,7-8,11-13H2,1H3. The van der Waals surface area contributed by atoms with Crippen LogP contribution in [0.5, 0.6) is 0 Å². The quantitative estimate of drug-likeness (QED) is 0.517. The first-order valence-corrected chi connectivity index (χ1v) is 6.66. The van der Waals surface area contributed by atoms with Crippen molar-refractivity contribution in [1.29, 1.82) is 0 Å². The summed E-state index contributed by atoms with van der Waals surface area (Å²) >= 11 is 0.